The summed E-state index contributed by atoms with van der Waals surface area (Å²) in [7, 11) is 0. The Kier molecular flexibility index (Phi) is 5.84. The minimum atomic E-state index is -0.465. The summed E-state index contributed by atoms with van der Waals surface area (Å²) in [5.41, 5.74) is 1.89. The summed E-state index contributed by atoms with van der Waals surface area (Å²) in [6, 6.07) is 7.09. The van der Waals surface area contributed by atoms with E-state index in [0.29, 0.717) is 21.9 Å². The van der Waals surface area contributed by atoms with Gasteiger partial charge in [-0.3, -0.25) is 14.2 Å². The fraction of sp³-hybridized carbons (Fsp3) is 0.235. The summed E-state index contributed by atoms with van der Waals surface area (Å²) in [5, 5.41) is 12.3. The molecule has 0 saturated heterocycles. The average molecular weight is 502 g/mol. The maximum Gasteiger partial charge on any atom is 0.250 e. The summed E-state index contributed by atoms with van der Waals surface area (Å²) in [6.07, 6.45) is 3.61. The lowest BCUT2D eigenvalue weighted by atomic mass is 10.2. The van der Waals surface area contributed by atoms with Gasteiger partial charge in [0.05, 0.1) is 21.2 Å². The monoisotopic (exact) mass is 499 g/mol. The molecule has 1 unspecified atom stereocenters. The first-order chi connectivity index (χ1) is 12.3. The first-order valence-corrected chi connectivity index (χ1v) is 9.79. The Morgan fingerprint density at radius 3 is 2.50 bits per heavy atom. The largest absolute Gasteiger partial charge is 0.306 e. The summed E-state index contributed by atoms with van der Waals surface area (Å²) < 4.78 is 4.95. The number of aryl methyl sites for hydroxylation is 1. The fourth-order valence-corrected chi connectivity index (χ4v) is 3.17. The second-order valence-corrected chi connectivity index (χ2v) is 8.00. The van der Waals surface area contributed by atoms with Crippen LogP contribution in [0.1, 0.15) is 24.2 Å². The molecule has 0 spiro atoms. The van der Waals surface area contributed by atoms with Gasteiger partial charge in [-0.1, -0.05) is 23.7 Å². The fourth-order valence-electron chi connectivity index (χ4n) is 2.34. The number of rotatable bonds is 5. The van der Waals surface area contributed by atoms with Crippen LogP contribution in [0.25, 0.3) is 0 Å². The Morgan fingerprint density at radius 2 is 1.88 bits per heavy atom. The molecule has 0 aliphatic heterocycles. The van der Waals surface area contributed by atoms with Crippen molar-refractivity contribution in [3.8, 4) is 0 Å². The van der Waals surface area contributed by atoms with Crippen molar-refractivity contribution in [2.75, 3.05) is 5.32 Å². The van der Waals surface area contributed by atoms with Crippen molar-refractivity contribution < 1.29 is 4.79 Å². The van der Waals surface area contributed by atoms with E-state index in [2.05, 4.69) is 47.4 Å². The third kappa shape index (κ3) is 4.36. The molecule has 0 aliphatic rings. The smallest absolute Gasteiger partial charge is 0.250 e. The Hall–Kier alpha value is -1.64. The third-order valence-corrected chi connectivity index (χ3v) is 5.46. The van der Waals surface area contributed by atoms with Crippen molar-refractivity contribution >= 4 is 55.2 Å². The maximum atomic E-state index is 12.5. The number of benzene rings is 1. The second-order valence-electron chi connectivity index (χ2n) is 5.86. The zero-order valence-electron chi connectivity index (χ0n) is 14.1. The number of nitrogens with zero attached hydrogens (tertiary/aromatic N) is 4. The highest BCUT2D eigenvalue weighted by Gasteiger charge is 2.19. The number of halogens is 3. The van der Waals surface area contributed by atoms with Crippen molar-refractivity contribution in [3.63, 3.8) is 0 Å². The zero-order chi connectivity index (χ0) is 18.8. The minimum Gasteiger partial charge on any atom is -0.306 e. The van der Waals surface area contributed by atoms with E-state index >= 15 is 0 Å². The summed E-state index contributed by atoms with van der Waals surface area (Å²) in [5.74, 6) is 0.274. The Bertz CT molecular complexity index is 916. The number of anilines is 1. The van der Waals surface area contributed by atoms with E-state index in [4.69, 9.17) is 11.6 Å². The lowest BCUT2D eigenvalue weighted by Crippen LogP contribution is -2.24. The predicted molar refractivity (Wildman–Crippen MR) is 108 cm³/mol. The van der Waals surface area contributed by atoms with Crippen LogP contribution >= 0.6 is 43.5 Å². The van der Waals surface area contributed by atoms with Gasteiger partial charge in [0.25, 0.3) is 0 Å². The number of nitrogens with one attached hydrogen (secondary N) is 1. The molecule has 6 nitrogen and oxygen atoms in total. The summed E-state index contributed by atoms with van der Waals surface area (Å²) in [6.45, 7) is 4.24. The average Bonchev–Trinajstić information content (AvgIpc) is 3.11. The van der Waals surface area contributed by atoms with Gasteiger partial charge in [-0.2, -0.15) is 10.2 Å². The van der Waals surface area contributed by atoms with Gasteiger partial charge in [-0.05, 0) is 63.4 Å². The van der Waals surface area contributed by atoms with Crippen LogP contribution in [0.3, 0.4) is 0 Å². The summed E-state index contributed by atoms with van der Waals surface area (Å²) >= 11 is 12.8. The van der Waals surface area contributed by atoms with E-state index in [1.165, 1.54) is 0 Å². The van der Waals surface area contributed by atoms with Gasteiger partial charge in [0, 0.05) is 17.4 Å². The van der Waals surface area contributed by atoms with E-state index in [1.54, 1.807) is 22.5 Å². The Morgan fingerprint density at radius 1 is 1.19 bits per heavy atom. The van der Waals surface area contributed by atoms with Crippen molar-refractivity contribution in [1.29, 1.82) is 0 Å². The van der Waals surface area contributed by atoms with Crippen molar-refractivity contribution in [3.05, 3.63) is 61.9 Å². The number of carbonyl (C=O) groups is 1. The number of amides is 1. The molecule has 1 N–H and O–H groups in total. The molecule has 1 atom stereocenters. The van der Waals surface area contributed by atoms with E-state index in [1.807, 2.05) is 37.4 Å². The highest BCUT2D eigenvalue weighted by molar-refractivity contribution is 9.10. The van der Waals surface area contributed by atoms with E-state index in [0.717, 1.165) is 15.7 Å². The van der Waals surface area contributed by atoms with Crippen molar-refractivity contribution in [2.45, 2.75) is 26.4 Å². The van der Waals surface area contributed by atoms with Crippen LogP contribution < -0.4 is 5.32 Å². The molecular weight excluding hydrogens is 485 g/mol. The van der Waals surface area contributed by atoms with Gasteiger partial charge < -0.3 is 5.32 Å². The van der Waals surface area contributed by atoms with Gasteiger partial charge in [-0.25, -0.2) is 0 Å². The lowest BCUT2D eigenvalue weighted by Gasteiger charge is -2.11. The normalized spacial score (nSPS) is 12.2. The van der Waals surface area contributed by atoms with E-state index in [-0.39, 0.29) is 5.91 Å². The molecule has 0 aliphatic carbocycles. The highest BCUT2D eigenvalue weighted by Crippen LogP contribution is 2.23. The molecule has 9 heteroatoms. The molecule has 2 heterocycles. The molecule has 0 saturated carbocycles. The van der Waals surface area contributed by atoms with Crippen molar-refractivity contribution in [1.82, 2.24) is 19.6 Å². The Labute approximate surface area is 172 Å². The molecular formula is C17H16Br2ClN5O. The zero-order valence-corrected chi connectivity index (χ0v) is 18.0. The van der Waals surface area contributed by atoms with Crippen LogP contribution in [0.5, 0.6) is 0 Å². The second kappa shape index (κ2) is 7.94. The van der Waals surface area contributed by atoms with Gasteiger partial charge in [0.2, 0.25) is 5.91 Å². The standard InChI is InChI=1S/C17H16Br2ClN5O/c1-10-14(18)9-25(22-10)11(2)17(26)21-16-15(19)8-24(23-16)7-12-3-5-13(20)6-4-12/h3-6,8-9,11H,7H2,1-2H3,(H,21,23,26). The Balaban J connectivity index is 1.70. The third-order valence-electron chi connectivity index (χ3n) is 3.85. The van der Waals surface area contributed by atoms with Gasteiger partial charge in [0.1, 0.15) is 6.04 Å². The molecule has 1 amide bonds. The number of aromatic nitrogens is 4. The molecule has 0 bridgehead atoms. The molecule has 26 heavy (non-hydrogen) atoms. The van der Waals surface area contributed by atoms with Crippen LogP contribution in [0, 0.1) is 6.92 Å². The van der Waals surface area contributed by atoms with Crippen LogP contribution in [0.15, 0.2) is 45.6 Å². The lowest BCUT2D eigenvalue weighted by molar-refractivity contribution is -0.119. The molecule has 0 fully saturated rings. The number of hydrogen-bond acceptors (Lipinski definition) is 3. The molecule has 136 valence electrons. The maximum absolute atomic E-state index is 12.5. The number of carbonyl (C=O) groups excluding carboxylic acids is 1. The van der Waals surface area contributed by atoms with Crippen LogP contribution in [0.2, 0.25) is 5.02 Å². The molecule has 2 aromatic heterocycles. The molecule has 1 aromatic carbocycles. The number of hydrogen-bond donors (Lipinski definition) is 1. The minimum absolute atomic E-state index is 0.197. The van der Waals surface area contributed by atoms with E-state index < -0.39 is 6.04 Å². The first-order valence-electron chi connectivity index (χ1n) is 7.83. The van der Waals surface area contributed by atoms with Crippen LogP contribution in [0.4, 0.5) is 5.82 Å². The topological polar surface area (TPSA) is 64.7 Å². The quantitative estimate of drug-likeness (QED) is 0.546. The van der Waals surface area contributed by atoms with Gasteiger partial charge >= 0.3 is 0 Å². The molecule has 0 radical (unpaired) electrons. The van der Waals surface area contributed by atoms with Crippen LogP contribution in [-0.2, 0) is 11.3 Å². The van der Waals surface area contributed by atoms with Gasteiger partial charge in [0.15, 0.2) is 5.82 Å². The highest BCUT2D eigenvalue weighted by atomic mass is 79.9. The SMILES string of the molecule is Cc1nn(C(C)C(=O)Nc2nn(Cc3ccc(Cl)cc3)cc2Br)cc1Br. The summed E-state index contributed by atoms with van der Waals surface area (Å²) in [4.78, 5) is 12.5. The van der Waals surface area contributed by atoms with Gasteiger partial charge in [-0.15, -0.1) is 0 Å². The molecule has 3 rings (SSSR count). The van der Waals surface area contributed by atoms with Crippen LogP contribution in [-0.4, -0.2) is 25.5 Å². The van der Waals surface area contributed by atoms with E-state index in [9.17, 15) is 4.79 Å². The van der Waals surface area contributed by atoms with Crippen molar-refractivity contribution in [2.24, 2.45) is 0 Å². The molecule has 3 aromatic rings. The first kappa shape index (κ1) is 19.1. The predicted octanol–water partition coefficient (Wildman–Crippen LogP) is 4.81.